The van der Waals surface area contributed by atoms with Gasteiger partial charge in [0.05, 0.1) is 17.3 Å². The molecule has 2 atom stereocenters. The fraction of sp³-hybridized carbons (Fsp3) is 0.429. The van der Waals surface area contributed by atoms with E-state index in [1.807, 2.05) is 4.90 Å². The molecule has 1 aromatic rings. The van der Waals surface area contributed by atoms with E-state index in [1.54, 1.807) is 25.1 Å². The molecule has 0 radical (unpaired) electrons. The van der Waals surface area contributed by atoms with Crippen LogP contribution in [0.5, 0.6) is 5.75 Å². The van der Waals surface area contributed by atoms with Crippen molar-refractivity contribution < 1.29 is 13.7 Å². The van der Waals surface area contributed by atoms with Gasteiger partial charge in [0.15, 0.2) is 0 Å². The van der Waals surface area contributed by atoms with Gasteiger partial charge in [0, 0.05) is 13.5 Å². The van der Waals surface area contributed by atoms with Gasteiger partial charge in [0.25, 0.3) is 0 Å². The van der Waals surface area contributed by atoms with Crippen LogP contribution in [-0.4, -0.2) is 40.0 Å². The van der Waals surface area contributed by atoms with Crippen LogP contribution in [0.15, 0.2) is 22.6 Å². The normalized spacial score (nSPS) is 23.5. The van der Waals surface area contributed by atoms with Crippen LogP contribution in [0.4, 0.5) is 5.69 Å². The fourth-order valence-electron chi connectivity index (χ4n) is 2.86. The van der Waals surface area contributed by atoms with Crippen LogP contribution in [-0.2, 0) is 16.0 Å². The van der Waals surface area contributed by atoms with Crippen molar-refractivity contribution in [1.29, 1.82) is 0 Å². The number of ether oxygens (including phenoxy) is 1. The molecule has 2 aliphatic heterocycles. The summed E-state index contributed by atoms with van der Waals surface area (Å²) in [5, 5.41) is 0. The van der Waals surface area contributed by atoms with Crippen molar-refractivity contribution in [2.45, 2.75) is 25.8 Å². The molecule has 22 heavy (non-hydrogen) atoms. The predicted octanol–water partition coefficient (Wildman–Crippen LogP) is 0.786. The molecule has 0 aromatic heterocycles. The van der Waals surface area contributed by atoms with E-state index in [2.05, 4.69) is 9.12 Å². The van der Waals surface area contributed by atoms with Crippen molar-refractivity contribution in [2.24, 2.45) is 10.1 Å². The van der Waals surface area contributed by atoms with Gasteiger partial charge >= 0.3 is 0 Å². The number of carbonyl (C=O) groups excluding carboxylic acids is 1. The van der Waals surface area contributed by atoms with E-state index in [4.69, 9.17) is 10.5 Å². The van der Waals surface area contributed by atoms with Crippen molar-refractivity contribution in [3.63, 3.8) is 0 Å². The quantitative estimate of drug-likeness (QED) is 0.859. The predicted molar refractivity (Wildman–Crippen MR) is 84.8 cm³/mol. The molecule has 118 valence electrons. The van der Waals surface area contributed by atoms with Crippen LogP contribution in [0.1, 0.15) is 25.3 Å². The van der Waals surface area contributed by atoms with Crippen LogP contribution < -0.4 is 15.2 Å². The minimum absolute atomic E-state index is 0.0688. The molecule has 2 aliphatic rings. The third kappa shape index (κ3) is 2.78. The molecule has 1 saturated heterocycles. The maximum absolute atomic E-state index is 11.6. The summed E-state index contributed by atoms with van der Waals surface area (Å²) in [5.74, 6) is 0.843. The third-order valence-electron chi connectivity index (χ3n) is 3.87. The van der Waals surface area contributed by atoms with Gasteiger partial charge in [-0.3, -0.25) is 9.52 Å². The average molecular weight is 322 g/mol. The highest BCUT2D eigenvalue weighted by Crippen LogP contribution is 2.30. The lowest BCUT2D eigenvalue weighted by atomic mass is 10.1. The number of nitrogens with zero attached hydrogens (tertiary/aromatic N) is 2. The van der Waals surface area contributed by atoms with E-state index in [-0.39, 0.29) is 17.8 Å². The number of rotatable bonds is 3. The highest BCUT2D eigenvalue weighted by atomic mass is 32.2. The summed E-state index contributed by atoms with van der Waals surface area (Å²) in [6.45, 7) is 2.76. The number of carbonyl (C=O) groups is 1. The maximum atomic E-state index is 11.6. The Labute approximate surface area is 131 Å². The Morgan fingerprint density at radius 3 is 3.18 bits per heavy atom. The van der Waals surface area contributed by atoms with Gasteiger partial charge in [-0.25, -0.2) is 4.21 Å². The zero-order valence-electron chi connectivity index (χ0n) is 12.2. The van der Waals surface area contributed by atoms with Crippen molar-refractivity contribution in [2.75, 3.05) is 17.9 Å². The summed E-state index contributed by atoms with van der Waals surface area (Å²) in [6, 6.07) is 5.45. The van der Waals surface area contributed by atoms with Gasteiger partial charge < -0.3 is 15.4 Å². The Morgan fingerprint density at radius 1 is 1.59 bits per heavy atom. The number of nitrogens with one attached hydrogen (secondary N) is 1. The smallest absolute Gasteiger partial charge is 0.245 e. The van der Waals surface area contributed by atoms with Crippen molar-refractivity contribution in [1.82, 2.24) is 4.90 Å². The number of anilines is 1. The first-order valence-corrected chi connectivity index (χ1v) is 8.23. The fourth-order valence-corrected chi connectivity index (χ4v) is 3.54. The van der Waals surface area contributed by atoms with Crippen LogP contribution in [0, 0.1) is 0 Å². The summed E-state index contributed by atoms with van der Waals surface area (Å²) < 4.78 is 23.9. The number of amidine groups is 1. The van der Waals surface area contributed by atoms with Crippen LogP contribution in [0.25, 0.3) is 0 Å². The van der Waals surface area contributed by atoms with Crippen molar-refractivity contribution in [3.8, 4) is 5.75 Å². The van der Waals surface area contributed by atoms with Gasteiger partial charge in [-0.1, -0.05) is 6.07 Å². The van der Waals surface area contributed by atoms with E-state index < -0.39 is 11.2 Å². The molecule has 0 saturated carbocycles. The summed E-state index contributed by atoms with van der Waals surface area (Å²) >= 11 is -1.55. The second kappa shape index (κ2) is 5.96. The van der Waals surface area contributed by atoms with Crippen LogP contribution in [0.3, 0.4) is 0 Å². The molecular formula is C14H18N4O3S. The number of hydrogen-bond acceptors (Lipinski definition) is 4. The number of fused-ring (bicyclic) bond motifs is 1. The van der Waals surface area contributed by atoms with Gasteiger partial charge in [0.2, 0.25) is 17.1 Å². The summed E-state index contributed by atoms with van der Waals surface area (Å²) in [4.78, 5) is 13.4. The van der Waals surface area contributed by atoms with E-state index in [0.717, 1.165) is 19.4 Å². The highest BCUT2D eigenvalue weighted by Gasteiger charge is 2.28. The third-order valence-corrected chi connectivity index (χ3v) is 4.63. The second-order valence-corrected chi connectivity index (χ2v) is 6.21. The van der Waals surface area contributed by atoms with Gasteiger partial charge in [-0.15, -0.1) is 0 Å². The molecule has 1 amide bonds. The molecular weight excluding hydrogens is 304 g/mol. The van der Waals surface area contributed by atoms with Gasteiger partial charge in [-0.2, -0.15) is 4.40 Å². The zero-order chi connectivity index (χ0) is 15.7. The first-order chi connectivity index (χ1) is 10.6. The second-order valence-electron chi connectivity index (χ2n) is 5.33. The number of amides is 1. The summed E-state index contributed by atoms with van der Waals surface area (Å²) in [7, 11) is 0. The Balaban J connectivity index is 1.78. The lowest BCUT2D eigenvalue weighted by Crippen LogP contribution is -2.37. The minimum atomic E-state index is -1.55. The SMILES string of the molecule is CC(=O)N1CCCC1COc1cccc2c1C(N)=NS(=O)N2. The van der Waals surface area contributed by atoms with Crippen molar-refractivity contribution in [3.05, 3.63) is 23.8 Å². The Kier molecular flexibility index (Phi) is 4.02. The first kappa shape index (κ1) is 14.8. The number of nitrogens with two attached hydrogens (primary N) is 1. The summed E-state index contributed by atoms with van der Waals surface area (Å²) in [5.41, 5.74) is 7.13. The largest absolute Gasteiger partial charge is 0.491 e. The summed E-state index contributed by atoms with van der Waals surface area (Å²) in [6.07, 6.45) is 1.92. The van der Waals surface area contributed by atoms with Crippen LogP contribution >= 0.6 is 0 Å². The lowest BCUT2D eigenvalue weighted by Gasteiger charge is -2.24. The Bertz CT molecular complexity index is 661. The lowest BCUT2D eigenvalue weighted by molar-refractivity contribution is -0.130. The molecule has 0 bridgehead atoms. The molecule has 2 unspecified atom stereocenters. The monoisotopic (exact) mass is 322 g/mol. The topological polar surface area (TPSA) is 97.0 Å². The van der Waals surface area contributed by atoms with E-state index in [9.17, 15) is 9.00 Å². The highest BCUT2D eigenvalue weighted by molar-refractivity contribution is 7.85. The van der Waals surface area contributed by atoms with Gasteiger partial charge in [-0.05, 0) is 25.0 Å². The molecule has 0 aliphatic carbocycles. The Morgan fingerprint density at radius 2 is 2.41 bits per heavy atom. The first-order valence-electron chi connectivity index (χ1n) is 7.12. The van der Waals surface area contributed by atoms with Gasteiger partial charge in [0.1, 0.15) is 18.2 Å². The van der Waals surface area contributed by atoms with E-state index in [0.29, 0.717) is 23.6 Å². The average Bonchev–Trinajstić information content (AvgIpc) is 2.93. The standard InChI is InChI=1S/C14H18N4O3S/c1-9(19)18-7-3-4-10(18)8-21-12-6-2-5-11-13(12)14(15)17-22(20)16-11/h2,5-6,10,16H,3-4,7-8H2,1H3,(H2,15,17). The number of hydrogen-bond donors (Lipinski definition) is 2. The van der Waals surface area contributed by atoms with Crippen LogP contribution in [0.2, 0.25) is 0 Å². The van der Waals surface area contributed by atoms with E-state index >= 15 is 0 Å². The molecule has 1 aromatic carbocycles. The molecule has 8 heteroatoms. The Hall–Kier alpha value is -2.09. The molecule has 0 spiro atoms. The molecule has 1 fully saturated rings. The number of likely N-dealkylation sites (tertiary alicyclic amines) is 1. The minimum Gasteiger partial charge on any atom is -0.491 e. The molecule has 7 nitrogen and oxygen atoms in total. The zero-order valence-corrected chi connectivity index (χ0v) is 13.1. The molecule has 2 heterocycles. The number of benzene rings is 1. The molecule has 3 N–H and O–H groups in total. The van der Waals surface area contributed by atoms with Crippen molar-refractivity contribution >= 4 is 28.6 Å². The molecule has 3 rings (SSSR count). The van der Waals surface area contributed by atoms with E-state index in [1.165, 1.54) is 0 Å². The maximum Gasteiger partial charge on any atom is 0.245 e.